The number of methoxy groups -OCH3 is 1. The molecule has 0 heterocycles. The van der Waals surface area contributed by atoms with Crippen molar-refractivity contribution in [2.75, 3.05) is 34.4 Å². The maximum absolute atomic E-state index is 5.20. The van der Waals surface area contributed by atoms with Crippen LogP contribution in [0.4, 0.5) is 0 Å². The van der Waals surface area contributed by atoms with E-state index in [1.807, 2.05) is 7.05 Å². The van der Waals surface area contributed by atoms with E-state index >= 15 is 0 Å². The fourth-order valence-electron chi connectivity index (χ4n) is 2.73. The average molecular weight is 264 g/mol. The fraction of sp³-hybridized carbons (Fsp3) is 0.625. The third kappa shape index (κ3) is 4.60. The molecule has 1 aromatic carbocycles. The minimum atomic E-state index is 0.336. The van der Waals surface area contributed by atoms with Crippen LogP contribution in [-0.2, 0) is 4.74 Å². The highest BCUT2D eigenvalue weighted by Crippen LogP contribution is 2.25. The van der Waals surface area contributed by atoms with Gasteiger partial charge in [0.05, 0.1) is 6.61 Å². The first-order valence-corrected chi connectivity index (χ1v) is 7.03. The normalized spacial score (nSPS) is 14.9. The van der Waals surface area contributed by atoms with Crippen molar-refractivity contribution in [3.05, 3.63) is 35.9 Å². The van der Waals surface area contributed by atoms with E-state index in [0.29, 0.717) is 18.0 Å². The van der Waals surface area contributed by atoms with Crippen LogP contribution in [0.1, 0.15) is 25.5 Å². The van der Waals surface area contributed by atoms with Crippen molar-refractivity contribution in [2.45, 2.75) is 25.9 Å². The number of rotatable bonds is 8. The van der Waals surface area contributed by atoms with Crippen LogP contribution in [0.3, 0.4) is 0 Å². The molecule has 1 rings (SSSR count). The molecule has 0 radical (unpaired) electrons. The summed E-state index contributed by atoms with van der Waals surface area (Å²) in [5.41, 5.74) is 1.34. The Kier molecular flexibility index (Phi) is 7.06. The second-order valence-electron chi connectivity index (χ2n) is 5.39. The van der Waals surface area contributed by atoms with Gasteiger partial charge in [-0.3, -0.25) is 4.90 Å². The van der Waals surface area contributed by atoms with Crippen LogP contribution in [0.2, 0.25) is 0 Å². The molecule has 2 unspecified atom stereocenters. The van der Waals surface area contributed by atoms with Crippen molar-refractivity contribution in [3.63, 3.8) is 0 Å². The summed E-state index contributed by atoms with van der Waals surface area (Å²) in [4.78, 5) is 2.39. The van der Waals surface area contributed by atoms with Gasteiger partial charge in [0.2, 0.25) is 0 Å². The Morgan fingerprint density at radius 1 is 1.21 bits per heavy atom. The lowest BCUT2D eigenvalue weighted by atomic mass is 9.90. The highest BCUT2D eigenvalue weighted by molar-refractivity contribution is 5.21. The molecule has 0 saturated heterocycles. The molecule has 19 heavy (non-hydrogen) atoms. The zero-order chi connectivity index (χ0) is 14.3. The standard InChI is InChI=1S/C16H28N2O/c1-13(2)16(18(4)11-12-19-5)15(17-3)14-9-7-6-8-10-14/h6-10,13,15-17H,11-12H2,1-5H3. The Bertz CT molecular complexity index is 340. The van der Waals surface area contributed by atoms with Gasteiger partial charge in [-0.15, -0.1) is 0 Å². The Labute approximate surface area is 118 Å². The van der Waals surface area contributed by atoms with Crippen molar-refractivity contribution in [1.82, 2.24) is 10.2 Å². The number of likely N-dealkylation sites (N-methyl/N-ethyl adjacent to an activating group) is 2. The summed E-state index contributed by atoms with van der Waals surface area (Å²) in [6.45, 7) is 6.28. The lowest BCUT2D eigenvalue weighted by Gasteiger charge is -2.37. The van der Waals surface area contributed by atoms with Gasteiger partial charge in [-0.25, -0.2) is 0 Å². The second kappa shape index (κ2) is 8.31. The topological polar surface area (TPSA) is 24.5 Å². The van der Waals surface area contributed by atoms with Gasteiger partial charge in [-0.2, -0.15) is 0 Å². The molecule has 0 amide bonds. The lowest BCUT2D eigenvalue weighted by molar-refractivity contribution is 0.102. The van der Waals surface area contributed by atoms with Gasteiger partial charge in [0.15, 0.2) is 0 Å². The third-order valence-corrected chi connectivity index (χ3v) is 3.65. The minimum absolute atomic E-state index is 0.336. The molecular formula is C16H28N2O. The number of nitrogens with one attached hydrogen (secondary N) is 1. The third-order valence-electron chi connectivity index (χ3n) is 3.65. The summed E-state index contributed by atoms with van der Waals surface area (Å²) >= 11 is 0. The second-order valence-corrected chi connectivity index (χ2v) is 5.39. The quantitative estimate of drug-likeness (QED) is 0.781. The summed E-state index contributed by atoms with van der Waals surface area (Å²) in [5.74, 6) is 0.569. The Morgan fingerprint density at radius 3 is 2.32 bits per heavy atom. The van der Waals surface area contributed by atoms with Crippen molar-refractivity contribution in [2.24, 2.45) is 5.92 Å². The number of ether oxygens (including phenoxy) is 1. The summed E-state index contributed by atoms with van der Waals surface area (Å²) < 4.78 is 5.20. The average Bonchev–Trinajstić information content (AvgIpc) is 2.42. The first kappa shape index (κ1) is 16.2. The minimum Gasteiger partial charge on any atom is -0.383 e. The van der Waals surface area contributed by atoms with Gasteiger partial charge in [-0.05, 0) is 25.6 Å². The van der Waals surface area contributed by atoms with Crippen molar-refractivity contribution in [1.29, 1.82) is 0 Å². The summed E-state index contributed by atoms with van der Waals surface area (Å²) in [5, 5.41) is 3.47. The molecule has 0 saturated carbocycles. The molecule has 0 aliphatic heterocycles. The van der Waals surface area contributed by atoms with Gasteiger partial charge in [0.1, 0.15) is 0 Å². The highest BCUT2D eigenvalue weighted by Gasteiger charge is 2.28. The van der Waals surface area contributed by atoms with Crippen molar-refractivity contribution >= 4 is 0 Å². The smallest absolute Gasteiger partial charge is 0.0589 e. The van der Waals surface area contributed by atoms with E-state index < -0.39 is 0 Å². The molecule has 2 atom stereocenters. The summed E-state index contributed by atoms with van der Waals surface area (Å²) in [7, 11) is 5.97. The van der Waals surface area contributed by atoms with Gasteiger partial charge in [0, 0.05) is 25.7 Å². The van der Waals surface area contributed by atoms with E-state index in [1.165, 1.54) is 5.56 Å². The predicted octanol–water partition coefficient (Wildman–Crippen LogP) is 2.55. The molecule has 3 heteroatoms. The predicted molar refractivity (Wildman–Crippen MR) is 81.4 cm³/mol. The van der Waals surface area contributed by atoms with E-state index in [1.54, 1.807) is 7.11 Å². The van der Waals surface area contributed by atoms with Crippen LogP contribution in [0.25, 0.3) is 0 Å². The lowest BCUT2D eigenvalue weighted by Crippen LogP contribution is -2.46. The molecule has 108 valence electrons. The molecular weight excluding hydrogens is 236 g/mol. The van der Waals surface area contributed by atoms with Gasteiger partial charge >= 0.3 is 0 Å². The monoisotopic (exact) mass is 264 g/mol. The number of nitrogens with zero attached hydrogens (tertiary/aromatic N) is 1. The van der Waals surface area contributed by atoms with Gasteiger partial charge in [0.25, 0.3) is 0 Å². The Balaban J connectivity index is 2.89. The molecule has 0 spiro atoms. The van der Waals surface area contributed by atoms with Crippen LogP contribution < -0.4 is 5.32 Å². The summed E-state index contributed by atoms with van der Waals surface area (Å²) in [6.07, 6.45) is 0. The first-order chi connectivity index (χ1) is 9.11. The van der Waals surface area contributed by atoms with Crippen molar-refractivity contribution < 1.29 is 4.74 Å². The van der Waals surface area contributed by atoms with E-state index in [9.17, 15) is 0 Å². The Hall–Kier alpha value is -0.900. The molecule has 1 aromatic rings. The largest absolute Gasteiger partial charge is 0.383 e. The number of hydrogen-bond donors (Lipinski definition) is 1. The van der Waals surface area contributed by atoms with E-state index in [2.05, 4.69) is 61.4 Å². The molecule has 0 bridgehead atoms. The summed E-state index contributed by atoms with van der Waals surface area (Å²) in [6, 6.07) is 11.4. The molecule has 0 aliphatic carbocycles. The molecule has 3 nitrogen and oxygen atoms in total. The zero-order valence-electron chi connectivity index (χ0n) is 12.9. The van der Waals surface area contributed by atoms with Crippen molar-refractivity contribution in [3.8, 4) is 0 Å². The maximum atomic E-state index is 5.20. The van der Waals surface area contributed by atoms with Gasteiger partial charge < -0.3 is 10.1 Å². The number of hydrogen-bond acceptors (Lipinski definition) is 3. The molecule has 0 aliphatic rings. The maximum Gasteiger partial charge on any atom is 0.0589 e. The van der Waals surface area contributed by atoms with Crippen LogP contribution in [-0.4, -0.2) is 45.3 Å². The fourth-order valence-corrected chi connectivity index (χ4v) is 2.73. The Morgan fingerprint density at radius 2 is 1.84 bits per heavy atom. The number of benzene rings is 1. The van der Waals surface area contributed by atoms with E-state index in [4.69, 9.17) is 4.74 Å². The molecule has 0 fully saturated rings. The van der Waals surface area contributed by atoms with Crippen LogP contribution in [0, 0.1) is 5.92 Å². The van der Waals surface area contributed by atoms with Gasteiger partial charge in [-0.1, -0.05) is 44.2 Å². The first-order valence-electron chi connectivity index (χ1n) is 7.03. The van der Waals surface area contributed by atoms with Crippen LogP contribution >= 0.6 is 0 Å². The zero-order valence-corrected chi connectivity index (χ0v) is 12.9. The van der Waals surface area contributed by atoms with E-state index in [0.717, 1.165) is 13.2 Å². The van der Waals surface area contributed by atoms with E-state index in [-0.39, 0.29) is 0 Å². The van der Waals surface area contributed by atoms with Crippen LogP contribution in [0.5, 0.6) is 0 Å². The highest BCUT2D eigenvalue weighted by atomic mass is 16.5. The molecule has 0 aromatic heterocycles. The van der Waals surface area contributed by atoms with Crippen LogP contribution in [0.15, 0.2) is 30.3 Å². The molecule has 1 N–H and O–H groups in total. The SMILES string of the molecule is CNC(c1ccccc1)C(C(C)C)N(C)CCOC.